The Kier molecular flexibility index (Phi) is 4.83. The zero-order valence-corrected chi connectivity index (χ0v) is 20.6. The summed E-state index contributed by atoms with van der Waals surface area (Å²) < 4.78 is 40.0. The molecule has 0 spiro atoms. The van der Waals surface area contributed by atoms with Crippen LogP contribution in [0.3, 0.4) is 0 Å². The first-order chi connectivity index (χ1) is 17.6. The minimum Gasteiger partial charge on any atom is -0.508 e. The van der Waals surface area contributed by atoms with Gasteiger partial charge in [0.1, 0.15) is 5.75 Å². The lowest BCUT2D eigenvalue weighted by Gasteiger charge is -2.43. The molecule has 7 rings (SSSR count). The Bertz CT molecular complexity index is 1510. The molecule has 3 heterocycles. The largest absolute Gasteiger partial charge is 0.508 e. The number of fused-ring (bicyclic) bond motifs is 9. The number of anilines is 1. The van der Waals surface area contributed by atoms with Crippen LogP contribution < -0.4 is 9.77 Å². The van der Waals surface area contributed by atoms with Crippen LogP contribution in [0.1, 0.15) is 28.3 Å². The first-order valence-corrected chi connectivity index (χ1v) is 13.6. The number of phenolic OH excluding ortho intramolecular Hbond substituents is 1. The van der Waals surface area contributed by atoms with Gasteiger partial charge in [-0.2, -0.15) is 13.2 Å². The molecule has 0 unspecified atom stereocenters. The number of carbonyl (C=O) groups is 2. The van der Waals surface area contributed by atoms with E-state index in [4.69, 9.17) is 0 Å². The van der Waals surface area contributed by atoms with E-state index in [0.29, 0.717) is 6.42 Å². The Hall–Kier alpha value is -3.05. The van der Waals surface area contributed by atoms with Crippen molar-refractivity contribution in [1.29, 1.82) is 0 Å². The smallest absolute Gasteiger partial charge is 0.416 e. The van der Waals surface area contributed by atoms with Crippen LogP contribution in [0.15, 0.2) is 58.4 Å². The number of carbonyl (C=O) groups excluding carboxylic acids is 2. The van der Waals surface area contributed by atoms with Crippen LogP contribution in [0, 0.1) is 29.6 Å². The molecule has 2 N–H and O–H groups in total. The van der Waals surface area contributed by atoms with Crippen LogP contribution in [0.5, 0.6) is 5.75 Å². The Morgan fingerprint density at radius 3 is 2.38 bits per heavy atom. The van der Waals surface area contributed by atoms with Crippen LogP contribution >= 0.6 is 23.1 Å². The van der Waals surface area contributed by atoms with E-state index in [0.717, 1.165) is 43.8 Å². The zero-order chi connectivity index (χ0) is 25.8. The lowest BCUT2D eigenvalue weighted by atomic mass is 9.68. The Labute approximate surface area is 216 Å². The maximum atomic E-state index is 13.7. The molecule has 37 heavy (non-hydrogen) atoms. The number of thioether (sulfide) groups is 1. The fraction of sp³-hybridized carbons (Fsp3) is 0.346. The highest BCUT2D eigenvalue weighted by Gasteiger charge is 2.69. The number of aromatic nitrogens is 1. The number of H-pyrrole nitrogens is 1. The highest BCUT2D eigenvalue weighted by atomic mass is 32.2. The number of hydrogen-bond donors (Lipinski definition) is 2. The summed E-state index contributed by atoms with van der Waals surface area (Å²) in [6.45, 7) is 0. The molecule has 3 aromatic rings. The highest BCUT2D eigenvalue weighted by molar-refractivity contribution is 8.00. The number of aromatic hydroxyl groups is 1. The molecule has 2 bridgehead atoms. The Morgan fingerprint density at radius 1 is 0.973 bits per heavy atom. The van der Waals surface area contributed by atoms with Gasteiger partial charge in [-0.1, -0.05) is 29.5 Å². The third-order valence-electron chi connectivity index (χ3n) is 8.41. The summed E-state index contributed by atoms with van der Waals surface area (Å²) in [5.74, 6) is -2.45. The predicted octanol–water partition coefficient (Wildman–Crippen LogP) is 4.84. The van der Waals surface area contributed by atoms with Gasteiger partial charge >= 0.3 is 11.0 Å². The summed E-state index contributed by atoms with van der Waals surface area (Å²) in [7, 11) is 0. The molecule has 0 radical (unpaired) electrons. The molecule has 11 heteroatoms. The minimum atomic E-state index is -4.59. The Morgan fingerprint density at radius 2 is 1.68 bits per heavy atom. The van der Waals surface area contributed by atoms with Gasteiger partial charge in [0.15, 0.2) is 0 Å². The summed E-state index contributed by atoms with van der Waals surface area (Å²) in [4.78, 5) is 44.2. The molecule has 3 fully saturated rings. The molecule has 2 aromatic carbocycles. The van der Waals surface area contributed by atoms with Gasteiger partial charge in [-0.15, -0.1) is 11.8 Å². The summed E-state index contributed by atoms with van der Waals surface area (Å²) >= 11 is 2.68. The second-order valence-corrected chi connectivity index (χ2v) is 12.3. The van der Waals surface area contributed by atoms with E-state index in [1.807, 2.05) is 12.1 Å². The van der Waals surface area contributed by atoms with Gasteiger partial charge in [0.2, 0.25) is 11.8 Å². The number of amides is 2. The van der Waals surface area contributed by atoms with Crippen LogP contribution in [0.2, 0.25) is 0 Å². The molecule has 1 saturated heterocycles. The van der Waals surface area contributed by atoms with Crippen molar-refractivity contribution in [1.82, 2.24) is 4.98 Å². The normalized spacial score (nSPS) is 32.0. The molecule has 2 saturated carbocycles. The van der Waals surface area contributed by atoms with Crippen molar-refractivity contribution in [3.05, 3.63) is 74.2 Å². The van der Waals surface area contributed by atoms with Crippen molar-refractivity contribution in [2.45, 2.75) is 28.8 Å². The predicted molar refractivity (Wildman–Crippen MR) is 131 cm³/mol. The zero-order valence-electron chi connectivity index (χ0n) is 18.9. The van der Waals surface area contributed by atoms with Gasteiger partial charge in [-0.25, -0.2) is 0 Å². The van der Waals surface area contributed by atoms with E-state index in [1.54, 1.807) is 23.9 Å². The number of aromatic amines is 1. The fourth-order valence-electron chi connectivity index (χ4n) is 7.15. The third kappa shape index (κ3) is 3.22. The van der Waals surface area contributed by atoms with Crippen molar-refractivity contribution in [2.24, 2.45) is 29.6 Å². The molecule has 7 atom stereocenters. The number of nitrogens with zero attached hydrogens (tertiary/aromatic N) is 1. The molecular formula is C26H19F3N2O4S2. The molecule has 2 aliphatic heterocycles. The van der Waals surface area contributed by atoms with Gasteiger partial charge in [0.05, 0.1) is 28.1 Å². The maximum absolute atomic E-state index is 13.7. The third-order valence-corrected chi connectivity index (χ3v) is 11.0. The average molecular weight is 545 g/mol. The molecule has 2 aliphatic carbocycles. The van der Waals surface area contributed by atoms with Gasteiger partial charge in [0, 0.05) is 16.0 Å². The first kappa shape index (κ1) is 23.1. The summed E-state index contributed by atoms with van der Waals surface area (Å²) in [6, 6.07) is 11.2. The number of benzene rings is 2. The van der Waals surface area contributed by atoms with E-state index in [-0.39, 0.29) is 45.2 Å². The van der Waals surface area contributed by atoms with E-state index >= 15 is 0 Å². The van der Waals surface area contributed by atoms with Gasteiger partial charge in [-0.3, -0.25) is 19.3 Å². The topological polar surface area (TPSA) is 90.5 Å². The standard InChI is InChI=1S/C26H19F3N2O4S2/c27-26(28,29)11-2-1-3-12(8-11)31-23(33)18-14-9-15(19(18)24(31)34)20-17(14)16(10-4-6-13(32)7-5-10)21-22(36-20)30-25(35)37-21/h1-8,14-20,32H,9H2,(H,30,35)/t14-,15-,16-,17-,18-,19-,20+/m0/s1. The first-order valence-electron chi connectivity index (χ1n) is 11.9. The Balaban J connectivity index is 1.30. The van der Waals surface area contributed by atoms with Crippen LogP contribution in [-0.4, -0.2) is 27.2 Å². The van der Waals surface area contributed by atoms with Crippen molar-refractivity contribution < 1.29 is 27.9 Å². The fourth-order valence-corrected chi connectivity index (χ4v) is 10.0. The monoisotopic (exact) mass is 544 g/mol. The number of thiazole rings is 1. The van der Waals surface area contributed by atoms with Crippen molar-refractivity contribution in [3.8, 4) is 5.75 Å². The molecule has 2 amide bonds. The summed E-state index contributed by atoms with van der Waals surface area (Å²) in [5, 5.41) is 10.6. The average Bonchev–Trinajstić information content (AvgIpc) is 3.58. The van der Waals surface area contributed by atoms with Crippen molar-refractivity contribution in [3.63, 3.8) is 0 Å². The van der Waals surface area contributed by atoms with Gasteiger partial charge in [0.25, 0.3) is 0 Å². The maximum Gasteiger partial charge on any atom is 0.416 e. The minimum absolute atomic E-state index is 0.0268. The van der Waals surface area contributed by atoms with Crippen molar-refractivity contribution >= 4 is 40.6 Å². The van der Waals surface area contributed by atoms with Crippen molar-refractivity contribution in [2.75, 3.05) is 4.90 Å². The SMILES string of the molecule is O=C1[C@H]2[C@@H]3C[C@H]([C@@H]2C(=O)N1c1cccc(C(F)(F)F)c1)[C@H]1[C@H](c2ccc(O)cc2)c2sc(=O)[nH]c2S[C@H]31. The molecule has 6 nitrogen and oxygen atoms in total. The number of phenols is 1. The van der Waals surface area contributed by atoms with E-state index in [1.165, 1.54) is 12.1 Å². The number of hydrogen-bond acceptors (Lipinski definition) is 6. The molecule has 1 aromatic heterocycles. The molecule has 190 valence electrons. The number of halogens is 3. The molecular weight excluding hydrogens is 525 g/mol. The lowest BCUT2D eigenvalue weighted by molar-refractivity contribution is -0.137. The lowest BCUT2D eigenvalue weighted by Crippen LogP contribution is -2.42. The van der Waals surface area contributed by atoms with E-state index in [2.05, 4.69) is 4.98 Å². The number of rotatable bonds is 2. The highest BCUT2D eigenvalue weighted by Crippen LogP contribution is 2.68. The van der Waals surface area contributed by atoms with Crippen LogP contribution in [0.4, 0.5) is 18.9 Å². The van der Waals surface area contributed by atoms with Crippen LogP contribution in [0.25, 0.3) is 0 Å². The van der Waals surface area contributed by atoms with E-state index < -0.39 is 35.4 Å². The summed E-state index contributed by atoms with van der Waals surface area (Å²) in [5.41, 5.74) is -0.0383. The number of alkyl halides is 3. The van der Waals surface area contributed by atoms with E-state index in [9.17, 15) is 32.7 Å². The van der Waals surface area contributed by atoms with Crippen LogP contribution in [-0.2, 0) is 15.8 Å². The number of imide groups is 1. The van der Waals surface area contributed by atoms with Gasteiger partial charge < -0.3 is 10.1 Å². The van der Waals surface area contributed by atoms with Gasteiger partial charge in [-0.05, 0) is 60.1 Å². The second kappa shape index (κ2) is 7.73. The number of nitrogens with one attached hydrogen (secondary N) is 1. The molecule has 4 aliphatic rings. The quantitative estimate of drug-likeness (QED) is 0.451. The summed E-state index contributed by atoms with van der Waals surface area (Å²) in [6.07, 6.45) is -3.91. The second-order valence-electron chi connectivity index (χ2n) is 10.1.